The summed E-state index contributed by atoms with van der Waals surface area (Å²) < 4.78 is 14.7. The van der Waals surface area contributed by atoms with Gasteiger partial charge >= 0.3 is 0 Å². The maximum Gasteiger partial charge on any atom is 0.125 e. The van der Waals surface area contributed by atoms with Crippen molar-refractivity contribution in [2.24, 2.45) is 0 Å². The van der Waals surface area contributed by atoms with Gasteiger partial charge in [-0.15, -0.1) is 0 Å². The zero-order valence-electron chi connectivity index (χ0n) is 6.79. The third-order valence-electron chi connectivity index (χ3n) is 1.92. The van der Waals surface area contributed by atoms with Gasteiger partial charge in [0.15, 0.2) is 0 Å². The minimum Gasteiger partial charge on any atom is -0.331 e. The molecule has 2 rings (SSSR count). The number of hydrogen-bond acceptors (Lipinski definition) is 1. The highest BCUT2D eigenvalue weighted by Gasteiger charge is 2.00. The molecule has 3 heteroatoms. The Bertz CT molecular complexity index is 406. The molecule has 0 bridgehead atoms. The van der Waals surface area contributed by atoms with Gasteiger partial charge in [0.1, 0.15) is 5.82 Å². The molecule has 2 nitrogen and oxygen atoms in total. The molecule has 62 valence electrons. The molecule has 0 spiro atoms. The van der Waals surface area contributed by atoms with Crippen LogP contribution in [0.2, 0.25) is 0 Å². The summed E-state index contributed by atoms with van der Waals surface area (Å²) in [6, 6.07) is 4.62. The van der Waals surface area contributed by atoms with E-state index in [1.807, 2.05) is 11.5 Å². The monoisotopic (exact) mass is 164 g/mol. The van der Waals surface area contributed by atoms with E-state index in [1.54, 1.807) is 12.4 Å². The maximum absolute atomic E-state index is 12.8. The Morgan fingerprint density at radius 3 is 3.08 bits per heavy atom. The lowest BCUT2D eigenvalue weighted by molar-refractivity contribution is 0.628. The summed E-state index contributed by atoms with van der Waals surface area (Å²) in [7, 11) is 0. The molecular formula is C9H9FN2. The van der Waals surface area contributed by atoms with Crippen LogP contribution in [0.15, 0.2) is 24.5 Å². The zero-order chi connectivity index (χ0) is 8.55. The van der Waals surface area contributed by atoms with Gasteiger partial charge < -0.3 is 4.57 Å². The Hall–Kier alpha value is -1.38. The van der Waals surface area contributed by atoms with Crippen molar-refractivity contribution in [3.8, 4) is 0 Å². The number of halogens is 1. The van der Waals surface area contributed by atoms with E-state index >= 15 is 0 Å². The van der Waals surface area contributed by atoms with Gasteiger partial charge in [-0.25, -0.2) is 9.37 Å². The van der Waals surface area contributed by atoms with E-state index in [-0.39, 0.29) is 5.82 Å². The van der Waals surface area contributed by atoms with Gasteiger partial charge in [-0.3, -0.25) is 0 Å². The molecule has 0 unspecified atom stereocenters. The van der Waals surface area contributed by atoms with Gasteiger partial charge in [0.2, 0.25) is 0 Å². The number of fused-ring (bicyclic) bond motifs is 1. The molecule has 12 heavy (non-hydrogen) atoms. The second kappa shape index (κ2) is 2.59. The van der Waals surface area contributed by atoms with Crippen LogP contribution in [-0.2, 0) is 6.54 Å². The molecule has 0 N–H and O–H groups in total. The minimum absolute atomic E-state index is 0.210. The fourth-order valence-electron chi connectivity index (χ4n) is 1.28. The molecule has 0 aliphatic carbocycles. The molecule has 1 heterocycles. The Morgan fingerprint density at radius 2 is 2.33 bits per heavy atom. The van der Waals surface area contributed by atoms with Crippen molar-refractivity contribution in [2.75, 3.05) is 0 Å². The minimum atomic E-state index is -0.210. The Kier molecular flexibility index (Phi) is 1.57. The lowest BCUT2D eigenvalue weighted by atomic mass is 10.3. The summed E-state index contributed by atoms with van der Waals surface area (Å²) in [5.41, 5.74) is 1.70. The standard InChI is InChI=1S/C9H9FN2/c1-2-12-6-11-8-4-3-7(10)5-9(8)12/h3-6H,2H2,1H3. The first-order chi connectivity index (χ1) is 5.81. The molecule has 1 aromatic heterocycles. The smallest absolute Gasteiger partial charge is 0.125 e. The van der Waals surface area contributed by atoms with Crippen molar-refractivity contribution < 1.29 is 4.39 Å². The van der Waals surface area contributed by atoms with Crippen LogP contribution in [0.5, 0.6) is 0 Å². The predicted octanol–water partition coefficient (Wildman–Crippen LogP) is 2.20. The van der Waals surface area contributed by atoms with Gasteiger partial charge in [-0.05, 0) is 25.1 Å². The van der Waals surface area contributed by atoms with E-state index in [1.165, 1.54) is 12.1 Å². The van der Waals surface area contributed by atoms with Crippen LogP contribution in [-0.4, -0.2) is 9.55 Å². The molecular weight excluding hydrogens is 155 g/mol. The molecule has 2 aromatic rings. The van der Waals surface area contributed by atoms with Crippen LogP contribution in [0.4, 0.5) is 4.39 Å². The third kappa shape index (κ3) is 0.978. The van der Waals surface area contributed by atoms with Gasteiger partial charge in [0.25, 0.3) is 0 Å². The van der Waals surface area contributed by atoms with E-state index < -0.39 is 0 Å². The van der Waals surface area contributed by atoms with Gasteiger partial charge in [0, 0.05) is 6.54 Å². The number of benzene rings is 1. The number of aryl methyl sites for hydroxylation is 1. The molecule has 0 radical (unpaired) electrons. The van der Waals surface area contributed by atoms with Crippen LogP contribution in [0.3, 0.4) is 0 Å². The Labute approximate surface area is 69.6 Å². The van der Waals surface area contributed by atoms with Crippen LogP contribution in [0.25, 0.3) is 11.0 Å². The summed E-state index contributed by atoms with van der Waals surface area (Å²) in [5, 5.41) is 0. The van der Waals surface area contributed by atoms with Crippen molar-refractivity contribution in [3.05, 3.63) is 30.3 Å². The zero-order valence-corrected chi connectivity index (χ0v) is 6.79. The third-order valence-corrected chi connectivity index (χ3v) is 1.92. The lowest BCUT2D eigenvalue weighted by Crippen LogP contribution is -1.90. The Morgan fingerprint density at radius 1 is 1.50 bits per heavy atom. The predicted molar refractivity (Wildman–Crippen MR) is 45.4 cm³/mol. The lowest BCUT2D eigenvalue weighted by Gasteiger charge is -1.97. The van der Waals surface area contributed by atoms with Crippen LogP contribution in [0, 0.1) is 5.82 Å². The van der Waals surface area contributed by atoms with E-state index in [0.29, 0.717) is 0 Å². The summed E-state index contributed by atoms with van der Waals surface area (Å²) in [6.45, 7) is 2.83. The van der Waals surface area contributed by atoms with E-state index in [2.05, 4.69) is 4.98 Å². The normalized spacial score (nSPS) is 10.8. The SMILES string of the molecule is CCn1cnc2ccc(F)cc21. The highest BCUT2D eigenvalue weighted by molar-refractivity contribution is 5.75. The van der Waals surface area contributed by atoms with Crippen molar-refractivity contribution in [1.82, 2.24) is 9.55 Å². The highest BCUT2D eigenvalue weighted by atomic mass is 19.1. The van der Waals surface area contributed by atoms with Crippen molar-refractivity contribution >= 4 is 11.0 Å². The van der Waals surface area contributed by atoms with Crippen molar-refractivity contribution in [1.29, 1.82) is 0 Å². The second-order valence-electron chi connectivity index (χ2n) is 2.66. The number of nitrogens with zero attached hydrogens (tertiary/aromatic N) is 2. The Balaban J connectivity index is 2.75. The van der Waals surface area contributed by atoms with Gasteiger partial charge in [-0.2, -0.15) is 0 Å². The number of rotatable bonds is 1. The summed E-state index contributed by atoms with van der Waals surface area (Å²) in [5.74, 6) is -0.210. The first-order valence-corrected chi connectivity index (χ1v) is 3.91. The molecule has 0 fully saturated rings. The first kappa shape index (κ1) is 7.28. The van der Waals surface area contributed by atoms with E-state index in [4.69, 9.17) is 0 Å². The van der Waals surface area contributed by atoms with Crippen molar-refractivity contribution in [3.63, 3.8) is 0 Å². The molecule has 0 saturated carbocycles. The first-order valence-electron chi connectivity index (χ1n) is 3.91. The maximum atomic E-state index is 12.8. The highest BCUT2D eigenvalue weighted by Crippen LogP contribution is 2.13. The molecule has 0 amide bonds. The molecule has 0 aliphatic rings. The number of aromatic nitrogens is 2. The average Bonchev–Trinajstić information content (AvgIpc) is 2.46. The van der Waals surface area contributed by atoms with Gasteiger partial charge in [-0.1, -0.05) is 0 Å². The summed E-state index contributed by atoms with van der Waals surface area (Å²) in [4.78, 5) is 4.13. The molecule has 0 aliphatic heterocycles. The van der Waals surface area contributed by atoms with E-state index in [9.17, 15) is 4.39 Å². The van der Waals surface area contributed by atoms with Crippen LogP contribution < -0.4 is 0 Å². The number of imidazole rings is 1. The summed E-state index contributed by atoms with van der Waals surface area (Å²) in [6.07, 6.45) is 1.73. The van der Waals surface area contributed by atoms with Crippen LogP contribution in [0.1, 0.15) is 6.92 Å². The largest absolute Gasteiger partial charge is 0.331 e. The summed E-state index contributed by atoms with van der Waals surface area (Å²) >= 11 is 0. The fraction of sp³-hybridized carbons (Fsp3) is 0.222. The second-order valence-corrected chi connectivity index (χ2v) is 2.66. The molecule has 0 atom stereocenters. The molecule has 1 aromatic carbocycles. The van der Waals surface area contributed by atoms with Gasteiger partial charge in [0.05, 0.1) is 17.4 Å². The average molecular weight is 164 g/mol. The van der Waals surface area contributed by atoms with Crippen LogP contribution >= 0.6 is 0 Å². The fourth-order valence-corrected chi connectivity index (χ4v) is 1.28. The number of hydrogen-bond donors (Lipinski definition) is 0. The van der Waals surface area contributed by atoms with E-state index in [0.717, 1.165) is 17.6 Å². The van der Waals surface area contributed by atoms with Crippen molar-refractivity contribution in [2.45, 2.75) is 13.5 Å². The topological polar surface area (TPSA) is 17.8 Å². The molecule has 0 saturated heterocycles. The quantitative estimate of drug-likeness (QED) is 0.631.